The van der Waals surface area contributed by atoms with Gasteiger partial charge in [0.15, 0.2) is 11.5 Å². The van der Waals surface area contributed by atoms with E-state index >= 15 is 0 Å². The molecule has 1 aromatic rings. The summed E-state index contributed by atoms with van der Waals surface area (Å²) in [5.41, 5.74) is 1.86. The third-order valence-electron chi connectivity index (χ3n) is 6.22. The van der Waals surface area contributed by atoms with E-state index in [4.69, 9.17) is 9.47 Å². The second kappa shape index (κ2) is 4.76. The SMILES string of the molecule is C=C1C(C)(C)[C@@H]2CC[C@@]1(C(=O)NCc1ccc3c(c1)OCO3)C2. The van der Waals surface area contributed by atoms with Gasteiger partial charge in [0.05, 0.1) is 5.41 Å². The van der Waals surface area contributed by atoms with Crippen LogP contribution in [0.1, 0.15) is 38.7 Å². The summed E-state index contributed by atoms with van der Waals surface area (Å²) in [4.78, 5) is 12.9. The monoisotopic (exact) mass is 313 g/mol. The summed E-state index contributed by atoms with van der Waals surface area (Å²) < 4.78 is 10.7. The molecule has 1 heterocycles. The zero-order chi connectivity index (χ0) is 16.2. The lowest BCUT2D eigenvalue weighted by atomic mass is 9.68. The van der Waals surface area contributed by atoms with E-state index in [2.05, 4.69) is 25.7 Å². The van der Waals surface area contributed by atoms with Crippen molar-refractivity contribution in [3.8, 4) is 11.5 Å². The van der Waals surface area contributed by atoms with E-state index in [1.165, 1.54) is 0 Å². The van der Waals surface area contributed by atoms with Crippen molar-refractivity contribution < 1.29 is 14.3 Å². The van der Waals surface area contributed by atoms with E-state index in [1.54, 1.807) is 0 Å². The summed E-state index contributed by atoms with van der Waals surface area (Å²) in [6.07, 6.45) is 3.02. The van der Waals surface area contributed by atoms with E-state index in [0.29, 0.717) is 12.5 Å². The van der Waals surface area contributed by atoms with Crippen LogP contribution in [0.5, 0.6) is 11.5 Å². The van der Waals surface area contributed by atoms with Crippen LogP contribution in [0, 0.1) is 16.7 Å². The molecule has 0 saturated heterocycles. The van der Waals surface area contributed by atoms with Gasteiger partial charge in [-0.1, -0.05) is 32.1 Å². The molecule has 122 valence electrons. The van der Waals surface area contributed by atoms with Crippen molar-refractivity contribution in [2.45, 2.75) is 39.7 Å². The number of hydrogen-bond acceptors (Lipinski definition) is 3. The van der Waals surface area contributed by atoms with Crippen molar-refractivity contribution in [1.82, 2.24) is 5.32 Å². The van der Waals surface area contributed by atoms with Crippen molar-refractivity contribution in [3.05, 3.63) is 35.9 Å². The van der Waals surface area contributed by atoms with Crippen LogP contribution in [-0.4, -0.2) is 12.7 Å². The lowest BCUT2D eigenvalue weighted by Gasteiger charge is -2.37. The molecule has 3 aliphatic rings. The molecule has 0 spiro atoms. The molecule has 2 aliphatic carbocycles. The maximum Gasteiger partial charge on any atom is 0.231 e. The molecule has 23 heavy (non-hydrogen) atoms. The molecule has 0 unspecified atom stereocenters. The molecule has 4 nitrogen and oxygen atoms in total. The molecular weight excluding hydrogens is 290 g/mol. The summed E-state index contributed by atoms with van der Waals surface area (Å²) in [5, 5.41) is 3.12. The summed E-state index contributed by atoms with van der Waals surface area (Å²) >= 11 is 0. The fourth-order valence-electron chi connectivity index (χ4n) is 4.54. The van der Waals surface area contributed by atoms with E-state index < -0.39 is 0 Å². The van der Waals surface area contributed by atoms with Crippen LogP contribution in [0.2, 0.25) is 0 Å². The number of hydrogen-bond donors (Lipinski definition) is 1. The van der Waals surface area contributed by atoms with Gasteiger partial charge in [0.2, 0.25) is 12.7 Å². The fourth-order valence-corrected chi connectivity index (χ4v) is 4.54. The van der Waals surface area contributed by atoms with Gasteiger partial charge in [-0.05, 0) is 48.3 Å². The van der Waals surface area contributed by atoms with Crippen LogP contribution in [0.3, 0.4) is 0 Å². The maximum absolute atomic E-state index is 12.9. The van der Waals surface area contributed by atoms with Crippen LogP contribution in [-0.2, 0) is 11.3 Å². The second-order valence-corrected chi connectivity index (χ2v) is 7.59. The standard InChI is InChI=1S/C19H23NO3/c1-12-18(2,3)14-6-7-19(12,9-14)17(21)20-10-13-4-5-15-16(8-13)23-11-22-15/h4-5,8,14H,1,6-7,9-11H2,2-3H3,(H,20,21)/t14-,19-/m1/s1. The summed E-state index contributed by atoms with van der Waals surface area (Å²) in [6, 6.07) is 5.80. The molecule has 0 radical (unpaired) electrons. The Kier molecular flexibility index (Phi) is 3.03. The number of benzene rings is 1. The molecule has 4 heteroatoms. The van der Waals surface area contributed by atoms with Crippen molar-refractivity contribution >= 4 is 5.91 Å². The topological polar surface area (TPSA) is 47.6 Å². The first-order chi connectivity index (χ1) is 10.9. The molecule has 0 aromatic heterocycles. The van der Waals surface area contributed by atoms with Crippen LogP contribution >= 0.6 is 0 Å². The molecule has 2 fully saturated rings. The van der Waals surface area contributed by atoms with Gasteiger partial charge in [-0.2, -0.15) is 0 Å². The highest BCUT2D eigenvalue weighted by atomic mass is 16.7. The summed E-state index contributed by atoms with van der Waals surface area (Å²) in [6.45, 7) is 9.52. The lowest BCUT2D eigenvalue weighted by Crippen LogP contribution is -2.41. The Morgan fingerprint density at radius 1 is 1.35 bits per heavy atom. The zero-order valence-corrected chi connectivity index (χ0v) is 13.8. The van der Waals surface area contributed by atoms with E-state index in [1.807, 2.05) is 18.2 Å². The van der Waals surface area contributed by atoms with E-state index in [-0.39, 0.29) is 23.5 Å². The first-order valence-electron chi connectivity index (χ1n) is 8.30. The Bertz CT molecular complexity index is 694. The molecule has 1 aliphatic heterocycles. The van der Waals surface area contributed by atoms with Crippen molar-refractivity contribution in [2.24, 2.45) is 16.7 Å². The van der Waals surface area contributed by atoms with Crippen molar-refractivity contribution in [3.63, 3.8) is 0 Å². The Labute approximate surface area is 136 Å². The average Bonchev–Trinajstić information content (AvgIpc) is 3.21. The van der Waals surface area contributed by atoms with Gasteiger partial charge >= 0.3 is 0 Å². The number of carbonyl (C=O) groups excluding carboxylic acids is 1. The van der Waals surface area contributed by atoms with E-state index in [9.17, 15) is 4.79 Å². The molecular formula is C19H23NO3. The molecule has 2 saturated carbocycles. The molecule has 4 rings (SSSR count). The molecule has 1 aromatic carbocycles. The Morgan fingerprint density at radius 2 is 2.13 bits per heavy atom. The summed E-state index contributed by atoms with van der Waals surface area (Å²) in [7, 11) is 0. The Morgan fingerprint density at radius 3 is 2.87 bits per heavy atom. The van der Waals surface area contributed by atoms with Gasteiger partial charge in [-0.3, -0.25) is 4.79 Å². The molecule has 2 atom stereocenters. The van der Waals surface area contributed by atoms with Gasteiger partial charge in [0.25, 0.3) is 0 Å². The smallest absolute Gasteiger partial charge is 0.231 e. The third kappa shape index (κ3) is 2.00. The number of carbonyl (C=O) groups is 1. The second-order valence-electron chi connectivity index (χ2n) is 7.59. The number of nitrogens with one attached hydrogen (secondary N) is 1. The highest BCUT2D eigenvalue weighted by molar-refractivity contribution is 5.87. The third-order valence-corrected chi connectivity index (χ3v) is 6.22. The highest BCUT2D eigenvalue weighted by Crippen LogP contribution is 2.65. The molecule has 1 N–H and O–H groups in total. The minimum Gasteiger partial charge on any atom is -0.454 e. The van der Waals surface area contributed by atoms with Crippen LogP contribution in [0.15, 0.2) is 30.4 Å². The number of ether oxygens (including phenoxy) is 2. The maximum atomic E-state index is 12.9. The average molecular weight is 313 g/mol. The van der Waals surface area contributed by atoms with Crippen LogP contribution in [0.4, 0.5) is 0 Å². The fraction of sp³-hybridized carbons (Fsp3) is 0.526. The minimum absolute atomic E-state index is 0.0777. The van der Waals surface area contributed by atoms with Gasteiger partial charge in [-0.15, -0.1) is 0 Å². The zero-order valence-electron chi connectivity index (χ0n) is 13.8. The van der Waals surface area contributed by atoms with Crippen LogP contribution < -0.4 is 14.8 Å². The summed E-state index contributed by atoms with van der Waals surface area (Å²) in [5.74, 6) is 2.24. The van der Waals surface area contributed by atoms with Gasteiger partial charge in [0, 0.05) is 6.54 Å². The normalized spacial score (nSPS) is 29.8. The largest absolute Gasteiger partial charge is 0.454 e. The number of fused-ring (bicyclic) bond motifs is 3. The minimum atomic E-state index is -0.357. The Hall–Kier alpha value is -1.97. The van der Waals surface area contributed by atoms with Crippen molar-refractivity contribution in [1.29, 1.82) is 0 Å². The highest BCUT2D eigenvalue weighted by Gasteiger charge is 2.60. The quantitative estimate of drug-likeness (QED) is 0.870. The predicted molar refractivity (Wildman–Crippen MR) is 87.1 cm³/mol. The number of rotatable bonds is 3. The predicted octanol–water partition coefficient (Wildman–Crippen LogP) is 3.41. The molecule has 1 amide bonds. The van der Waals surface area contributed by atoms with E-state index in [0.717, 1.165) is 41.9 Å². The number of amides is 1. The first kappa shape index (κ1) is 14.6. The molecule has 2 bridgehead atoms. The lowest BCUT2D eigenvalue weighted by molar-refractivity contribution is -0.128. The van der Waals surface area contributed by atoms with Gasteiger partial charge in [0.1, 0.15) is 0 Å². The van der Waals surface area contributed by atoms with Gasteiger partial charge in [-0.25, -0.2) is 0 Å². The Balaban J connectivity index is 1.48. The van der Waals surface area contributed by atoms with Crippen LogP contribution in [0.25, 0.3) is 0 Å². The van der Waals surface area contributed by atoms with Gasteiger partial charge < -0.3 is 14.8 Å². The first-order valence-corrected chi connectivity index (χ1v) is 8.30. The van der Waals surface area contributed by atoms with Crippen molar-refractivity contribution in [2.75, 3.05) is 6.79 Å².